The molecule has 1 aromatic heterocycles. The van der Waals surface area contributed by atoms with E-state index in [0.717, 1.165) is 29.0 Å². The van der Waals surface area contributed by atoms with Gasteiger partial charge in [-0.1, -0.05) is 0 Å². The number of methoxy groups -OCH3 is 2. The lowest BCUT2D eigenvalue weighted by Gasteiger charge is -2.18. The summed E-state index contributed by atoms with van der Waals surface area (Å²) in [6.45, 7) is 1.48. The Morgan fingerprint density at radius 3 is 2.41 bits per heavy atom. The Bertz CT molecular complexity index is 1290. The van der Waals surface area contributed by atoms with E-state index in [4.69, 9.17) is 15.2 Å². The fourth-order valence-electron chi connectivity index (χ4n) is 3.33. The number of carbonyl (C=O) groups excluding carboxylic acids is 1. The van der Waals surface area contributed by atoms with Crippen molar-refractivity contribution >= 4 is 11.6 Å². The highest BCUT2D eigenvalue weighted by atomic mass is 19.4. The third kappa shape index (κ3) is 4.98. The summed E-state index contributed by atoms with van der Waals surface area (Å²) in [6, 6.07) is 7.13. The van der Waals surface area contributed by atoms with Crippen LogP contribution in [0.2, 0.25) is 0 Å². The highest BCUT2D eigenvalue weighted by molar-refractivity contribution is 5.94. The Hall–Kier alpha value is -4.02. The third-order valence-electron chi connectivity index (χ3n) is 5.05. The van der Waals surface area contributed by atoms with Crippen molar-refractivity contribution in [3.05, 3.63) is 81.5 Å². The van der Waals surface area contributed by atoms with Gasteiger partial charge in [-0.25, -0.2) is 4.39 Å². The highest BCUT2D eigenvalue weighted by Crippen LogP contribution is 2.34. The molecule has 3 rings (SSSR count). The monoisotopic (exact) mass is 479 g/mol. The second kappa shape index (κ2) is 9.46. The Morgan fingerprint density at radius 1 is 1.09 bits per heavy atom. The molecule has 0 unspecified atom stereocenters. The normalized spacial score (nSPS) is 12.2. The largest absolute Gasteiger partial charge is 0.493 e. The first-order valence-electron chi connectivity index (χ1n) is 9.88. The number of ether oxygens (including phenoxy) is 2. The Morgan fingerprint density at radius 2 is 1.79 bits per heavy atom. The lowest BCUT2D eigenvalue weighted by molar-refractivity contribution is -0.137. The maximum atomic E-state index is 15.0. The number of benzene rings is 2. The number of nitrogens with zero attached hydrogens (tertiary/aromatic N) is 1. The SMILES string of the molecule is COc1ccc(-n2cc(C(=O)N[C@H](C)c3cc(N)cc(C(F)(F)F)c3)ccc2=O)c(F)c1OC. The van der Waals surface area contributed by atoms with Crippen LogP contribution in [0.3, 0.4) is 0 Å². The summed E-state index contributed by atoms with van der Waals surface area (Å²) in [7, 11) is 2.56. The number of anilines is 1. The standard InChI is InChI=1S/C23H21F4N3O4/c1-12(14-8-15(23(25,26)27)10-16(28)9-14)29-22(32)13-4-7-19(31)30(11-13)17-5-6-18(33-2)21(34-3)20(17)24/h4-12H,28H2,1-3H3,(H,29,32)/t12-/m1/s1. The summed E-state index contributed by atoms with van der Waals surface area (Å²) in [5.74, 6) is -1.69. The van der Waals surface area contributed by atoms with E-state index in [2.05, 4.69) is 5.32 Å². The number of nitrogens with two attached hydrogens (primary N) is 1. The molecule has 0 saturated carbocycles. The van der Waals surface area contributed by atoms with Crippen LogP contribution in [0.1, 0.15) is 34.5 Å². The molecule has 0 aliphatic heterocycles. The fraction of sp³-hybridized carbons (Fsp3) is 0.217. The number of amides is 1. The average Bonchev–Trinajstić information content (AvgIpc) is 2.78. The lowest BCUT2D eigenvalue weighted by Crippen LogP contribution is -2.29. The van der Waals surface area contributed by atoms with Gasteiger partial charge in [0.15, 0.2) is 17.3 Å². The molecular formula is C23H21F4N3O4. The zero-order valence-electron chi connectivity index (χ0n) is 18.4. The van der Waals surface area contributed by atoms with Crippen LogP contribution in [0.25, 0.3) is 5.69 Å². The highest BCUT2D eigenvalue weighted by Gasteiger charge is 2.31. The number of alkyl halides is 3. The van der Waals surface area contributed by atoms with Crippen LogP contribution in [0, 0.1) is 5.82 Å². The van der Waals surface area contributed by atoms with E-state index < -0.39 is 35.1 Å². The molecule has 7 nitrogen and oxygen atoms in total. The molecule has 1 atom stereocenters. The van der Waals surface area contributed by atoms with E-state index in [1.54, 1.807) is 0 Å². The number of nitrogens with one attached hydrogen (secondary N) is 1. The smallest absolute Gasteiger partial charge is 0.416 e. The second-order valence-electron chi connectivity index (χ2n) is 7.34. The Balaban J connectivity index is 1.93. The van der Waals surface area contributed by atoms with Crippen LogP contribution in [-0.4, -0.2) is 24.7 Å². The van der Waals surface area contributed by atoms with Crippen LogP contribution >= 0.6 is 0 Å². The van der Waals surface area contributed by atoms with Crippen molar-refractivity contribution in [3.63, 3.8) is 0 Å². The summed E-state index contributed by atoms with van der Waals surface area (Å²) in [6.07, 6.45) is -3.48. The number of rotatable bonds is 6. The molecule has 2 aromatic carbocycles. The molecule has 1 heterocycles. The summed E-state index contributed by atoms with van der Waals surface area (Å²) < 4.78 is 65.2. The first-order chi connectivity index (χ1) is 16.0. The Kier molecular flexibility index (Phi) is 6.85. The van der Waals surface area contributed by atoms with Crippen molar-refractivity contribution in [3.8, 4) is 17.2 Å². The van der Waals surface area contributed by atoms with Crippen molar-refractivity contribution in [2.45, 2.75) is 19.1 Å². The molecule has 3 N–H and O–H groups in total. The molecule has 1 amide bonds. The van der Waals surface area contributed by atoms with Gasteiger partial charge in [0.05, 0.1) is 37.1 Å². The van der Waals surface area contributed by atoms with Gasteiger partial charge in [0, 0.05) is 18.0 Å². The molecular weight excluding hydrogens is 458 g/mol. The van der Waals surface area contributed by atoms with Crippen molar-refractivity contribution in [1.82, 2.24) is 9.88 Å². The van der Waals surface area contributed by atoms with Crippen molar-refractivity contribution in [2.75, 3.05) is 20.0 Å². The lowest BCUT2D eigenvalue weighted by atomic mass is 10.0. The van der Waals surface area contributed by atoms with Gasteiger partial charge in [-0.05, 0) is 48.9 Å². The second-order valence-corrected chi connectivity index (χ2v) is 7.34. The van der Waals surface area contributed by atoms with Gasteiger partial charge in [-0.3, -0.25) is 14.2 Å². The molecule has 0 radical (unpaired) electrons. The van der Waals surface area contributed by atoms with Crippen LogP contribution in [0.5, 0.6) is 11.5 Å². The minimum absolute atomic E-state index is 0.0272. The van der Waals surface area contributed by atoms with Gasteiger partial charge >= 0.3 is 6.18 Å². The molecule has 0 saturated heterocycles. The predicted octanol–water partition coefficient (Wildman–Crippen LogP) is 4.09. The van der Waals surface area contributed by atoms with Crippen LogP contribution < -0.4 is 26.1 Å². The summed E-state index contributed by atoms with van der Waals surface area (Å²) in [4.78, 5) is 25.2. The Labute approximate surface area is 191 Å². The van der Waals surface area contributed by atoms with Crippen LogP contribution in [-0.2, 0) is 6.18 Å². The first kappa shape index (κ1) is 24.6. The first-order valence-corrected chi connectivity index (χ1v) is 9.88. The fourth-order valence-corrected chi connectivity index (χ4v) is 3.33. The summed E-state index contributed by atoms with van der Waals surface area (Å²) in [5, 5.41) is 2.56. The summed E-state index contributed by atoms with van der Waals surface area (Å²) in [5.41, 5.74) is 3.84. The third-order valence-corrected chi connectivity index (χ3v) is 5.05. The molecule has 0 spiro atoms. The number of hydrogen-bond acceptors (Lipinski definition) is 5. The van der Waals surface area contributed by atoms with Crippen molar-refractivity contribution < 1.29 is 31.8 Å². The zero-order chi connectivity index (χ0) is 25.2. The molecule has 0 aliphatic carbocycles. The quantitative estimate of drug-likeness (QED) is 0.410. The molecule has 3 aromatic rings. The van der Waals surface area contributed by atoms with Gasteiger partial charge in [0.2, 0.25) is 0 Å². The topological polar surface area (TPSA) is 95.6 Å². The maximum Gasteiger partial charge on any atom is 0.416 e. The molecule has 0 bridgehead atoms. The number of hydrogen-bond donors (Lipinski definition) is 2. The minimum atomic E-state index is -4.60. The number of carbonyl (C=O) groups is 1. The number of nitrogen functional groups attached to an aromatic ring is 1. The zero-order valence-corrected chi connectivity index (χ0v) is 18.4. The average molecular weight is 479 g/mol. The molecule has 11 heteroatoms. The van der Waals surface area contributed by atoms with Gasteiger partial charge < -0.3 is 20.5 Å². The molecule has 0 aliphatic rings. The molecule has 0 fully saturated rings. The molecule has 34 heavy (non-hydrogen) atoms. The maximum absolute atomic E-state index is 15.0. The van der Waals surface area contributed by atoms with E-state index in [9.17, 15) is 27.2 Å². The summed E-state index contributed by atoms with van der Waals surface area (Å²) >= 11 is 0. The molecule has 180 valence electrons. The number of pyridine rings is 1. The van der Waals surface area contributed by atoms with E-state index >= 15 is 0 Å². The van der Waals surface area contributed by atoms with Gasteiger partial charge in [0.25, 0.3) is 11.5 Å². The van der Waals surface area contributed by atoms with Gasteiger partial charge in [0.1, 0.15) is 0 Å². The van der Waals surface area contributed by atoms with Crippen molar-refractivity contribution in [1.29, 1.82) is 0 Å². The van der Waals surface area contributed by atoms with Gasteiger partial charge in [-0.2, -0.15) is 13.2 Å². The van der Waals surface area contributed by atoms with E-state index in [1.165, 1.54) is 45.4 Å². The number of aromatic nitrogens is 1. The van der Waals surface area contributed by atoms with Crippen molar-refractivity contribution in [2.24, 2.45) is 0 Å². The van der Waals surface area contributed by atoms with Crippen LogP contribution in [0.15, 0.2) is 53.5 Å². The predicted molar refractivity (Wildman–Crippen MR) is 117 cm³/mol. The van der Waals surface area contributed by atoms with E-state index in [-0.39, 0.29) is 34.0 Å². The van der Waals surface area contributed by atoms with E-state index in [0.29, 0.717) is 0 Å². The number of halogens is 4. The van der Waals surface area contributed by atoms with E-state index in [1.807, 2.05) is 0 Å². The van der Waals surface area contributed by atoms with Crippen LogP contribution in [0.4, 0.5) is 23.2 Å². The minimum Gasteiger partial charge on any atom is -0.493 e. The van der Waals surface area contributed by atoms with Gasteiger partial charge in [-0.15, -0.1) is 0 Å².